The lowest BCUT2D eigenvalue weighted by atomic mass is 10.1. The minimum Gasteiger partial charge on any atom is -0.506 e. The quantitative estimate of drug-likeness (QED) is 0.548. The summed E-state index contributed by atoms with van der Waals surface area (Å²) in [4.78, 5) is 28.4. The van der Waals surface area contributed by atoms with E-state index >= 15 is 0 Å². The van der Waals surface area contributed by atoms with Crippen LogP contribution in [0.25, 0.3) is 5.65 Å². The van der Waals surface area contributed by atoms with E-state index in [1.54, 1.807) is 24.0 Å². The fourth-order valence-electron chi connectivity index (χ4n) is 3.06. The summed E-state index contributed by atoms with van der Waals surface area (Å²) in [6.45, 7) is 2.86. The van der Waals surface area contributed by atoms with Crippen molar-refractivity contribution in [1.29, 1.82) is 0 Å². The molecule has 3 aromatic rings. The number of nitrogens with zero attached hydrogens (tertiary/aromatic N) is 4. The van der Waals surface area contributed by atoms with Crippen LogP contribution in [0.15, 0.2) is 36.7 Å². The van der Waals surface area contributed by atoms with Crippen molar-refractivity contribution in [3.63, 3.8) is 0 Å². The molecule has 9 nitrogen and oxygen atoms in total. The van der Waals surface area contributed by atoms with E-state index in [1.165, 1.54) is 19.1 Å². The first-order valence-corrected chi connectivity index (χ1v) is 10.3. The van der Waals surface area contributed by atoms with Crippen molar-refractivity contribution in [2.75, 3.05) is 25.0 Å². The van der Waals surface area contributed by atoms with Crippen LogP contribution in [0.3, 0.4) is 0 Å². The van der Waals surface area contributed by atoms with Crippen molar-refractivity contribution >= 4 is 46.5 Å². The Bertz CT molecular complexity index is 1100. The van der Waals surface area contributed by atoms with Crippen molar-refractivity contribution in [3.05, 3.63) is 52.3 Å². The molecule has 3 heterocycles. The lowest BCUT2D eigenvalue weighted by Crippen LogP contribution is -2.37. The van der Waals surface area contributed by atoms with E-state index in [0.29, 0.717) is 11.6 Å². The highest BCUT2D eigenvalue weighted by atomic mass is 35.5. The molecule has 1 fully saturated rings. The lowest BCUT2D eigenvalue weighted by Gasteiger charge is -2.18. The average Bonchev–Trinajstić information content (AvgIpc) is 3.39. The molecule has 0 radical (unpaired) electrons. The largest absolute Gasteiger partial charge is 0.506 e. The van der Waals surface area contributed by atoms with E-state index in [2.05, 4.69) is 25.6 Å². The van der Waals surface area contributed by atoms with Gasteiger partial charge in [0.2, 0.25) is 5.91 Å². The van der Waals surface area contributed by atoms with Gasteiger partial charge in [-0.1, -0.05) is 23.2 Å². The molecular weight excluding hydrogens is 443 g/mol. The van der Waals surface area contributed by atoms with Crippen molar-refractivity contribution < 1.29 is 14.7 Å². The molecule has 1 aromatic carbocycles. The minimum atomic E-state index is -0.406. The van der Waals surface area contributed by atoms with E-state index in [0.717, 1.165) is 24.4 Å². The number of rotatable bonds is 3. The van der Waals surface area contributed by atoms with Gasteiger partial charge in [-0.2, -0.15) is 0 Å². The second-order valence-corrected chi connectivity index (χ2v) is 7.76. The fourth-order valence-corrected chi connectivity index (χ4v) is 3.56. The Hall–Kier alpha value is -3.04. The van der Waals surface area contributed by atoms with Crippen LogP contribution >= 0.6 is 23.2 Å². The van der Waals surface area contributed by atoms with Gasteiger partial charge in [-0.05, 0) is 30.7 Å². The first-order valence-electron chi connectivity index (χ1n) is 9.51. The molecule has 3 N–H and O–H groups in total. The number of fused-ring (bicyclic) bond motifs is 1. The van der Waals surface area contributed by atoms with Crippen LogP contribution in [0.2, 0.25) is 10.0 Å². The van der Waals surface area contributed by atoms with Gasteiger partial charge >= 0.3 is 0 Å². The van der Waals surface area contributed by atoms with Crippen LogP contribution in [-0.2, 0) is 4.79 Å². The van der Waals surface area contributed by atoms with Crippen LogP contribution < -0.4 is 15.5 Å². The summed E-state index contributed by atoms with van der Waals surface area (Å²) in [5.41, 5.74) is 0.852. The third-order valence-corrected chi connectivity index (χ3v) is 5.22. The molecule has 0 unspecified atom stereocenters. The van der Waals surface area contributed by atoms with Gasteiger partial charge in [0.1, 0.15) is 11.6 Å². The summed E-state index contributed by atoms with van der Waals surface area (Å²) in [6, 6.07) is 6.54. The van der Waals surface area contributed by atoms with Gasteiger partial charge < -0.3 is 20.6 Å². The van der Waals surface area contributed by atoms with Crippen molar-refractivity contribution in [1.82, 2.24) is 25.2 Å². The summed E-state index contributed by atoms with van der Waals surface area (Å²) >= 11 is 11.8. The van der Waals surface area contributed by atoms with Crippen LogP contribution in [0, 0.1) is 0 Å². The van der Waals surface area contributed by atoms with E-state index in [4.69, 9.17) is 23.2 Å². The third-order valence-electron chi connectivity index (χ3n) is 4.71. The first-order chi connectivity index (χ1) is 14.8. The maximum atomic E-state index is 12.5. The molecule has 4 rings (SSSR count). The fraction of sp³-hybridized carbons (Fsp3) is 0.300. The van der Waals surface area contributed by atoms with E-state index < -0.39 is 5.91 Å². The molecule has 2 aromatic heterocycles. The molecule has 1 saturated heterocycles. The SMILES string of the molecule is CNC(C)=O.O=C(N[C@H]1CCN(c2ccc3nccn3n2)C1)c1cc(Cl)cc(Cl)c1O. The Morgan fingerprint density at radius 2 is 2.00 bits per heavy atom. The molecule has 0 saturated carbocycles. The number of aromatic nitrogens is 3. The predicted molar refractivity (Wildman–Crippen MR) is 119 cm³/mol. The summed E-state index contributed by atoms with van der Waals surface area (Å²) in [7, 11) is 1.60. The zero-order chi connectivity index (χ0) is 22.5. The number of aromatic hydroxyl groups is 1. The van der Waals surface area contributed by atoms with E-state index in [-0.39, 0.29) is 28.3 Å². The molecule has 164 valence electrons. The number of anilines is 1. The van der Waals surface area contributed by atoms with Gasteiger partial charge in [-0.3, -0.25) is 9.59 Å². The van der Waals surface area contributed by atoms with Crippen LogP contribution in [0.1, 0.15) is 23.7 Å². The molecule has 1 atom stereocenters. The Labute approximate surface area is 189 Å². The second-order valence-electron chi connectivity index (χ2n) is 6.92. The summed E-state index contributed by atoms with van der Waals surface area (Å²) in [6.07, 6.45) is 4.26. The second kappa shape index (κ2) is 9.84. The maximum absolute atomic E-state index is 12.5. The zero-order valence-corrected chi connectivity index (χ0v) is 18.5. The van der Waals surface area contributed by atoms with Gasteiger partial charge in [0, 0.05) is 50.5 Å². The van der Waals surface area contributed by atoms with Crippen molar-refractivity contribution in [3.8, 4) is 5.75 Å². The van der Waals surface area contributed by atoms with Crippen molar-refractivity contribution in [2.45, 2.75) is 19.4 Å². The number of carbonyl (C=O) groups is 2. The number of benzene rings is 1. The number of halogens is 2. The monoisotopic (exact) mass is 464 g/mol. The predicted octanol–water partition coefficient (Wildman–Crippen LogP) is 2.50. The number of phenolic OH excluding ortho intramolecular Hbond substituents is 1. The van der Waals surface area contributed by atoms with Gasteiger partial charge in [0.25, 0.3) is 5.91 Å². The smallest absolute Gasteiger partial charge is 0.255 e. The number of carbonyl (C=O) groups excluding carboxylic acids is 2. The highest BCUT2D eigenvalue weighted by Crippen LogP contribution is 2.31. The average molecular weight is 465 g/mol. The molecule has 1 aliphatic heterocycles. The molecule has 1 aliphatic rings. The van der Waals surface area contributed by atoms with E-state index in [1.807, 2.05) is 12.1 Å². The lowest BCUT2D eigenvalue weighted by molar-refractivity contribution is -0.118. The van der Waals surface area contributed by atoms with E-state index in [9.17, 15) is 14.7 Å². The van der Waals surface area contributed by atoms with Gasteiger partial charge in [-0.15, -0.1) is 5.10 Å². The number of imidazole rings is 1. The number of hydrogen-bond donors (Lipinski definition) is 3. The molecular formula is C20H22Cl2N6O3. The third kappa shape index (κ3) is 5.56. The van der Waals surface area contributed by atoms with Gasteiger partial charge in [0.05, 0.1) is 10.6 Å². The molecule has 0 aliphatic carbocycles. The van der Waals surface area contributed by atoms with Crippen LogP contribution in [-0.4, -0.2) is 57.7 Å². The number of nitrogens with one attached hydrogen (secondary N) is 2. The zero-order valence-electron chi connectivity index (χ0n) is 17.0. The normalized spacial score (nSPS) is 15.4. The summed E-state index contributed by atoms with van der Waals surface area (Å²) in [5.74, 6) is 0.151. The Morgan fingerprint density at radius 3 is 2.71 bits per heavy atom. The topological polar surface area (TPSA) is 112 Å². The molecule has 11 heteroatoms. The Morgan fingerprint density at radius 1 is 1.26 bits per heavy atom. The summed E-state index contributed by atoms with van der Waals surface area (Å²) < 4.78 is 1.72. The Kier molecular flexibility index (Phi) is 7.19. The molecule has 2 amide bonds. The van der Waals surface area contributed by atoms with Crippen LogP contribution in [0.5, 0.6) is 5.75 Å². The molecule has 0 spiro atoms. The maximum Gasteiger partial charge on any atom is 0.255 e. The highest BCUT2D eigenvalue weighted by molar-refractivity contribution is 6.36. The minimum absolute atomic E-state index is 0.00463. The molecule has 0 bridgehead atoms. The highest BCUT2D eigenvalue weighted by Gasteiger charge is 2.26. The van der Waals surface area contributed by atoms with Crippen LogP contribution in [0.4, 0.5) is 5.82 Å². The Balaban J connectivity index is 0.000000491. The number of hydrogen-bond acceptors (Lipinski definition) is 6. The van der Waals surface area contributed by atoms with Crippen molar-refractivity contribution in [2.24, 2.45) is 0 Å². The number of phenols is 1. The van der Waals surface area contributed by atoms with Gasteiger partial charge in [-0.25, -0.2) is 9.50 Å². The first kappa shape index (κ1) is 22.6. The summed E-state index contributed by atoms with van der Waals surface area (Å²) in [5, 5.41) is 20.2. The number of amides is 2. The standard InChI is InChI=1S/C17H15Cl2N5O2.C3H7NO/c18-10-7-12(16(25)13(19)8-10)17(26)21-11-3-5-23(9-11)15-2-1-14-20-4-6-24(14)22-15;1-3(5)4-2/h1-2,4,6-8,11,25H,3,5,9H2,(H,21,26);1-2H3,(H,4,5)/t11-;/m0./s1. The van der Waals surface area contributed by atoms with Gasteiger partial charge in [0.15, 0.2) is 5.65 Å². The molecule has 31 heavy (non-hydrogen) atoms.